The number of carbonyl (C=O) groups excluding carboxylic acids is 2. The molecule has 0 bridgehead atoms. The second-order valence-corrected chi connectivity index (χ2v) is 8.58. The second kappa shape index (κ2) is 8.15. The largest absolute Gasteiger partial charge is 0.375 e. The molecule has 4 rings (SSSR count). The van der Waals surface area contributed by atoms with Crippen LogP contribution in [0.4, 0.5) is 0 Å². The molecule has 2 saturated heterocycles. The topological polar surface area (TPSA) is 84.4 Å². The van der Waals surface area contributed by atoms with E-state index in [1.807, 2.05) is 11.8 Å². The maximum atomic E-state index is 12.7. The highest BCUT2D eigenvalue weighted by Gasteiger charge is 2.41. The third-order valence-corrected chi connectivity index (χ3v) is 6.36. The van der Waals surface area contributed by atoms with Gasteiger partial charge in [-0.25, -0.2) is 4.98 Å². The normalized spacial score (nSPS) is 24.2. The van der Waals surface area contributed by atoms with E-state index in [4.69, 9.17) is 4.74 Å². The first-order chi connectivity index (χ1) is 13.5. The van der Waals surface area contributed by atoms with Crippen LogP contribution in [0.15, 0.2) is 12.4 Å². The van der Waals surface area contributed by atoms with E-state index in [0.717, 1.165) is 63.8 Å². The number of aromatic nitrogens is 2. The zero-order valence-corrected chi connectivity index (χ0v) is 16.7. The van der Waals surface area contributed by atoms with Crippen LogP contribution in [0, 0.1) is 18.8 Å². The summed E-state index contributed by atoms with van der Waals surface area (Å²) in [5, 5.41) is 3.08. The number of rotatable bonds is 5. The Morgan fingerprint density at radius 1 is 1.21 bits per heavy atom. The molecule has 3 fully saturated rings. The quantitative estimate of drug-likeness (QED) is 0.838. The summed E-state index contributed by atoms with van der Waals surface area (Å²) in [6.45, 7) is 4.80. The molecule has 1 aliphatic carbocycles. The molecule has 1 N–H and O–H groups in total. The third kappa shape index (κ3) is 4.51. The first-order valence-electron chi connectivity index (χ1n) is 10.5. The Morgan fingerprint density at radius 2 is 2.00 bits per heavy atom. The van der Waals surface area contributed by atoms with E-state index >= 15 is 0 Å². The van der Waals surface area contributed by atoms with Crippen molar-refractivity contribution < 1.29 is 14.3 Å². The molecule has 3 heterocycles. The summed E-state index contributed by atoms with van der Waals surface area (Å²) in [5.41, 5.74) is 1.11. The van der Waals surface area contributed by atoms with Crippen molar-refractivity contribution >= 4 is 11.8 Å². The van der Waals surface area contributed by atoms with Gasteiger partial charge >= 0.3 is 0 Å². The lowest BCUT2D eigenvalue weighted by molar-refractivity contribution is -0.125. The highest BCUT2D eigenvalue weighted by Crippen LogP contribution is 2.39. The smallest absolute Gasteiger partial charge is 0.274 e. The van der Waals surface area contributed by atoms with Crippen molar-refractivity contribution in [3.63, 3.8) is 0 Å². The van der Waals surface area contributed by atoms with Gasteiger partial charge in [0, 0.05) is 38.4 Å². The molecule has 1 saturated carbocycles. The fourth-order valence-electron chi connectivity index (χ4n) is 4.40. The monoisotopic (exact) mass is 386 g/mol. The van der Waals surface area contributed by atoms with Crippen LogP contribution in [-0.4, -0.2) is 58.5 Å². The Hall–Kier alpha value is -2.02. The summed E-state index contributed by atoms with van der Waals surface area (Å²) in [7, 11) is 0. The maximum Gasteiger partial charge on any atom is 0.274 e. The molecule has 2 amide bonds. The molecule has 1 atom stereocenters. The summed E-state index contributed by atoms with van der Waals surface area (Å²) < 4.78 is 6.21. The fourth-order valence-corrected chi connectivity index (χ4v) is 4.40. The van der Waals surface area contributed by atoms with Crippen LogP contribution in [0.1, 0.15) is 61.1 Å². The van der Waals surface area contributed by atoms with Crippen LogP contribution in [-0.2, 0) is 9.53 Å². The number of carbonyl (C=O) groups is 2. The minimum absolute atomic E-state index is 0.0440. The van der Waals surface area contributed by atoms with Gasteiger partial charge in [0.05, 0.1) is 17.5 Å². The lowest BCUT2D eigenvalue weighted by atomic mass is 9.78. The average Bonchev–Trinajstić information content (AvgIpc) is 3.54. The van der Waals surface area contributed by atoms with Crippen LogP contribution in [0.2, 0.25) is 0 Å². The Kier molecular flexibility index (Phi) is 5.62. The molecule has 7 nitrogen and oxygen atoms in total. The summed E-state index contributed by atoms with van der Waals surface area (Å²) in [6.07, 6.45) is 10.1. The van der Waals surface area contributed by atoms with E-state index in [1.54, 1.807) is 12.4 Å². The van der Waals surface area contributed by atoms with Gasteiger partial charge in [0.2, 0.25) is 5.91 Å². The lowest BCUT2D eigenvalue weighted by Crippen LogP contribution is -2.51. The zero-order chi connectivity index (χ0) is 19.6. The Morgan fingerprint density at radius 3 is 2.68 bits per heavy atom. The van der Waals surface area contributed by atoms with Gasteiger partial charge in [0.15, 0.2) is 0 Å². The highest BCUT2D eigenvalue weighted by molar-refractivity contribution is 5.92. The van der Waals surface area contributed by atoms with E-state index in [2.05, 4.69) is 15.3 Å². The number of nitrogens with one attached hydrogen (secondary N) is 1. The van der Waals surface area contributed by atoms with Crippen molar-refractivity contribution in [1.29, 1.82) is 0 Å². The molecule has 2 aliphatic heterocycles. The number of hydrogen-bond donors (Lipinski definition) is 1. The van der Waals surface area contributed by atoms with Gasteiger partial charge in [-0.2, -0.15) is 0 Å². The van der Waals surface area contributed by atoms with Crippen molar-refractivity contribution in [2.75, 3.05) is 26.2 Å². The molecule has 7 heteroatoms. The van der Waals surface area contributed by atoms with E-state index in [9.17, 15) is 9.59 Å². The molecule has 1 unspecified atom stereocenters. The SMILES string of the molecule is Cc1cnc(C(=O)N2CCC3(CC2)CC(CCNC(=O)C2CC2)CCO3)cn1. The van der Waals surface area contributed by atoms with Crippen molar-refractivity contribution in [2.45, 2.75) is 57.5 Å². The average molecular weight is 386 g/mol. The Balaban J connectivity index is 1.26. The van der Waals surface area contributed by atoms with Crippen molar-refractivity contribution in [3.8, 4) is 0 Å². The van der Waals surface area contributed by atoms with Gasteiger partial charge < -0.3 is 15.0 Å². The molecular formula is C21H30N4O3. The second-order valence-electron chi connectivity index (χ2n) is 8.58. The molecule has 152 valence electrons. The van der Waals surface area contributed by atoms with Crippen LogP contribution in [0.25, 0.3) is 0 Å². The van der Waals surface area contributed by atoms with Gasteiger partial charge in [-0.1, -0.05) is 0 Å². The van der Waals surface area contributed by atoms with Crippen LogP contribution >= 0.6 is 0 Å². The number of piperidine rings is 1. The van der Waals surface area contributed by atoms with Crippen molar-refractivity contribution in [2.24, 2.45) is 11.8 Å². The van der Waals surface area contributed by atoms with Gasteiger partial charge in [0.25, 0.3) is 5.91 Å². The number of nitrogens with zero attached hydrogens (tertiary/aromatic N) is 3. The van der Waals surface area contributed by atoms with E-state index in [-0.39, 0.29) is 23.3 Å². The van der Waals surface area contributed by atoms with Gasteiger partial charge in [-0.3, -0.25) is 14.6 Å². The number of aryl methyl sites for hydroxylation is 1. The van der Waals surface area contributed by atoms with E-state index < -0.39 is 0 Å². The highest BCUT2D eigenvalue weighted by atomic mass is 16.5. The summed E-state index contributed by atoms with van der Waals surface area (Å²) >= 11 is 0. The molecule has 3 aliphatic rings. The van der Waals surface area contributed by atoms with Crippen molar-refractivity contribution in [3.05, 3.63) is 23.8 Å². The van der Waals surface area contributed by atoms with Gasteiger partial charge in [-0.05, 0) is 57.8 Å². The summed E-state index contributed by atoms with van der Waals surface area (Å²) in [5.74, 6) is 1.05. The van der Waals surface area contributed by atoms with Crippen molar-refractivity contribution in [1.82, 2.24) is 20.2 Å². The van der Waals surface area contributed by atoms with E-state index in [1.165, 1.54) is 0 Å². The predicted octanol–water partition coefficient (Wildman–Crippen LogP) is 2.10. The third-order valence-electron chi connectivity index (χ3n) is 6.36. The zero-order valence-electron chi connectivity index (χ0n) is 16.7. The standard InChI is InChI=1S/C21H30N4O3/c1-15-13-24-18(14-23-15)20(27)25-9-6-21(7-10-25)12-16(5-11-28-21)4-8-22-19(26)17-2-3-17/h13-14,16-17H,2-12H2,1H3,(H,22,26). The first kappa shape index (κ1) is 19.3. The molecule has 1 spiro atoms. The van der Waals surface area contributed by atoms with E-state index in [0.29, 0.717) is 24.7 Å². The summed E-state index contributed by atoms with van der Waals surface area (Å²) in [6, 6.07) is 0. The first-order valence-corrected chi connectivity index (χ1v) is 10.5. The molecule has 28 heavy (non-hydrogen) atoms. The molecule has 1 aromatic rings. The number of likely N-dealkylation sites (tertiary alicyclic amines) is 1. The lowest BCUT2D eigenvalue weighted by Gasteiger charge is -2.46. The number of ether oxygens (including phenoxy) is 1. The maximum absolute atomic E-state index is 12.7. The minimum atomic E-state index is -0.112. The van der Waals surface area contributed by atoms with Crippen LogP contribution in [0.5, 0.6) is 0 Å². The fraction of sp³-hybridized carbons (Fsp3) is 0.714. The Bertz CT molecular complexity index is 709. The van der Waals surface area contributed by atoms with Crippen LogP contribution in [0.3, 0.4) is 0 Å². The predicted molar refractivity (Wildman–Crippen MR) is 104 cm³/mol. The minimum Gasteiger partial charge on any atom is -0.375 e. The number of hydrogen-bond acceptors (Lipinski definition) is 5. The molecule has 0 aromatic carbocycles. The summed E-state index contributed by atoms with van der Waals surface area (Å²) in [4.78, 5) is 34.7. The Labute approximate surface area is 166 Å². The van der Waals surface area contributed by atoms with Gasteiger partial charge in [0.1, 0.15) is 5.69 Å². The molecular weight excluding hydrogens is 356 g/mol. The van der Waals surface area contributed by atoms with Gasteiger partial charge in [-0.15, -0.1) is 0 Å². The molecule has 0 radical (unpaired) electrons. The molecule has 1 aromatic heterocycles. The number of amides is 2. The van der Waals surface area contributed by atoms with Crippen LogP contribution < -0.4 is 5.32 Å².